The summed E-state index contributed by atoms with van der Waals surface area (Å²) < 4.78 is 9.64. The van der Waals surface area contributed by atoms with Gasteiger partial charge in [-0.05, 0) is 31.5 Å². The maximum atomic E-state index is 11.9. The standard InChI is InChI=1S/C18H22N4O5/c1-4-26-17(24)16(18(25)27-5-2)22-19-13-8-6-12(7-9-13)15-11(3)10-14(23)20-21-15/h6-9,11,19H,4-5,10H2,1-3H3,(H,20,23)/t11-/m0/s1. The van der Waals surface area contributed by atoms with Crippen molar-refractivity contribution in [3.8, 4) is 0 Å². The third kappa shape index (κ3) is 5.37. The lowest BCUT2D eigenvalue weighted by Gasteiger charge is -2.19. The van der Waals surface area contributed by atoms with E-state index < -0.39 is 17.7 Å². The first kappa shape index (κ1) is 20.1. The van der Waals surface area contributed by atoms with Crippen LogP contribution in [0.2, 0.25) is 0 Å². The maximum Gasteiger partial charge on any atom is 0.366 e. The summed E-state index contributed by atoms with van der Waals surface area (Å²) in [5.41, 5.74) is 6.85. The molecule has 144 valence electrons. The van der Waals surface area contributed by atoms with Gasteiger partial charge >= 0.3 is 11.9 Å². The summed E-state index contributed by atoms with van der Waals surface area (Å²) in [6, 6.07) is 7.05. The van der Waals surface area contributed by atoms with E-state index in [1.165, 1.54) is 0 Å². The number of hydrogen-bond donors (Lipinski definition) is 2. The quantitative estimate of drug-likeness (QED) is 0.323. The minimum atomic E-state index is -0.860. The molecular formula is C18H22N4O5. The van der Waals surface area contributed by atoms with Gasteiger partial charge in [0.1, 0.15) is 0 Å². The number of amides is 1. The molecule has 1 aliphatic rings. The molecule has 1 aromatic rings. The Hall–Kier alpha value is -3.23. The van der Waals surface area contributed by atoms with Crippen molar-refractivity contribution in [1.82, 2.24) is 5.43 Å². The molecule has 2 N–H and O–H groups in total. The fraction of sp³-hybridized carbons (Fsp3) is 0.389. The fourth-order valence-electron chi connectivity index (χ4n) is 2.41. The number of nitrogens with one attached hydrogen (secondary N) is 2. The number of hydrogen-bond acceptors (Lipinski definition) is 8. The lowest BCUT2D eigenvalue weighted by Crippen LogP contribution is -2.31. The Balaban J connectivity index is 2.13. The molecule has 9 heteroatoms. The molecule has 1 aromatic carbocycles. The van der Waals surface area contributed by atoms with E-state index >= 15 is 0 Å². The molecule has 0 radical (unpaired) electrons. The number of hydrazone groups is 2. The highest BCUT2D eigenvalue weighted by atomic mass is 16.6. The largest absolute Gasteiger partial charge is 0.461 e. The highest BCUT2D eigenvalue weighted by Crippen LogP contribution is 2.18. The van der Waals surface area contributed by atoms with E-state index in [-0.39, 0.29) is 25.0 Å². The van der Waals surface area contributed by atoms with Gasteiger partial charge in [0, 0.05) is 12.3 Å². The number of anilines is 1. The van der Waals surface area contributed by atoms with Crippen molar-refractivity contribution in [2.75, 3.05) is 18.6 Å². The molecule has 1 amide bonds. The molecule has 27 heavy (non-hydrogen) atoms. The van der Waals surface area contributed by atoms with Gasteiger partial charge in [0.05, 0.1) is 24.6 Å². The molecule has 0 saturated heterocycles. The lowest BCUT2D eigenvalue weighted by molar-refractivity contribution is -0.140. The van der Waals surface area contributed by atoms with E-state index in [1.807, 2.05) is 6.92 Å². The molecular weight excluding hydrogens is 352 g/mol. The molecule has 1 atom stereocenters. The third-order valence-corrected chi connectivity index (χ3v) is 3.67. The van der Waals surface area contributed by atoms with Crippen molar-refractivity contribution in [1.29, 1.82) is 0 Å². The second-order valence-corrected chi connectivity index (χ2v) is 5.73. The van der Waals surface area contributed by atoms with E-state index in [9.17, 15) is 14.4 Å². The Labute approximate surface area is 156 Å². The van der Waals surface area contributed by atoms with Crippen LogP contribution in [0, 0.1) is 5.92 Å². The monoisotopic (exact) mass is 374 g/mol. The van der Waals surface area contributed by atoms with E-state index in [2.05, 4.69) is 21.1 Å². The molecule has 0 unspecified atom stereocenters. The summed E-state index contributed by atoms with van der Waals surface area (Å²) in [4.78, 5) is 35.1. The highest BCUT2D eigenvalue weighted by Gasteiger charge is 2.24. The molecule has 2 rings (SSSR count). The van der Waals surface area contributed by atoms with Crippen molar-refractivity contribution >= 4 is 35.0 Å². The smallest absolute Gasteiger partial charge is 0.366 e. The first-order valence-corrected chi connectivity index (χ1v) is 8.61. The van der Waals surface area contributed by atoms with Gasteiger partial charge in [-0.25, -0.2) is 15.0 Å². The van der Waals surface area contributed by atoms with Crippen LogP contribution in [0.5, 0.6) is 0 Å². The van der Waals surface area contributed by atoms with Gasteiger partial charge in [-0.15, -0.1) is 0 Å². The minimum absolute atomic E-state index is 0.00908. The second kappa shape index (κ2) is 9.46. The van der Waals surface area contributed by atoms with E-state index in [0.29, 0.717) is 12.1 Å². The second-order valence-electron chi connectivity index (χ2n) is 5.73. The van der Waals surface area contributed by atoms with Gasteiger partial charge in [-0.1, -0.05) is 19.1 Å². The SMILES string of the molecule is CCOC(=O)C(=NNc1ccc(C2=NNC(=O)C[C@@H]2C)cc1)C(=O)OCC. The van der Waals surface area contributed by atoms with Gasteiger partial charge in [0.25, 0.3) is 5.71 Å². The number of nitrogens with zero attached hydrogens (tertiary/aromatic N) is 2. The summed E-state index contributed by atoms with van der Waals surface area (Å²) >= 11 is 0. The van der Waals surface area contributed by atoms with E-state index in [0.717, 1.165) is 11.3 Å². The van der Waals surface area contributed by atoms with Crippen molar-refractivity contribution in [2.24, 2.45) is 16.1 Å². The van der Waals surface area contributed by atoms with Crippen LogP contribution >= 0.6 is 0 Å². The molecule has 1 heterocycles. The van der Waals surface area contributed by atoms with E-state index in [4.69, 9.17) is 9.47 Å². The molecule has 1 aliphatic heterocycles. The third-order valence-electron chi connectivity index (χ3n) is 3.67. The van der Waals surface area contributed by atoms with Crippen molar-refractivity contribution in [3.63, 3.8) is 0 Å². The normalized spacial score (nSPS) is 15.9. The van der Waals surface area contributed by atoms with Crippen LogP contribution in [0.1, 0.15) is 32.8 Å². The number of ether oxygens (including phenoxy) is 2. The van der Waals surface area contributed by atoms with Crippen LogP contribution in [-0.4, -0.2) is 42.5 Å². The van der Waals surface area contributed by atoms with E-state index in [1.54, 1.807) is 38.1 Å². The fourth-order valence-corrected chi connectivity index (χ4v) is 2.41. The first-order chi connectivity index (χ1) is 13.0. The number of benzene rings is 1. The molecule has 0 fully saturated rings. The molecule has 9 nitrogen and oxygen atoms in total. The maximum absolute atomic E-state index is 11.9. The predicted octanol–water partition coefficient (Wildman–Crippen LogP) is 1.44. The van der Waals surface area contributed by atoms with Gasteiger partial charge in [0.2, 0.25) is 5.91 Å². The average molecular weight is 374 g/mol. The number of carbonyl (C=O) groups excluding carboxylic acids is 3. The van der Waals surface area contributed by atoms with Crippen LogP contribution in [0.15, 0.2) is 34.5 Å². The Kier molecular flexibility index (Phi) is 7.04. The highest BCUT2D eigenvalue weighted by molar-refractivity contribution is 6.62. The summed E-state index contributed by atoms with van der Waals surface area (Å²) in [6.45, 7) is 5.42. The minimum Gasteiger partial charge on any atom is -0.461 e. The molecule has 0 spiro atoms. The number of esters is 2. The summed E-state index contributed by atoms with van der Waals surface area (Å²) in [5.74, 6) is -1.82. The van der Waals surface area contributed by atoms with Crippen molar-refractivity contribution in [2.45, 2.75) is 27.2 Å². The first-order valence-electron chi connectivity index (χ1n) is 8.61. The Bertz CT molecular complexity index is 750. The predicted molar refractivity (Wildman–Crippen MR) is 99.2 cm³/mol. The van der Waals surface area contributed by atoms with Crippen LogP contribution in [0.4, 0.5) is 5.69 Å². The summed E-state index contributed by atoms with van der Waals surface area (Å²) in [6.07, 6.45) is 0.381. The molecule has 0 aromatic heterocycles. The Morgan fingerprint density at radius 1 is 1.19 bits per heavy atom. The Morgan fingerprint density at radius 2 is 1.78 bits per heavy atom. The number of carbonyl (C=O) groups is 3. The zero-order chi connectivity index (χ0) is 19.8. The zero-order valence-corrected chi connectivity index (χ0v) is 15.4. The summed E-state index contributed by atoms with van der Waals surface area (Å²) in [5, 5.41) is 7.93. The van der Waals surface area contributed by atoms with Gasteiger partial charge < -0.3 is 9.47 Å². The molecule has 0 saturated carbocycles. The topological polar surface area (TPSA) is 118 Å². The van der Waals surface area contributed by atoms with Crippen LogP contribution in [0.25, 0.3) is 0 Å². The van der Waals surface area contributed by atoms with Crippen LogP contribution in [-0.2, 0) is 23.9 Å². The number of rotatable bonds is 7. The van der Waals surface area contributed by atoms with Gasteiger partial charge in [-0.2, -0.15) is 10.2 Å². The molecule has 0 bridgehead atoms. The lowest BCUT2D eigenvalue weighted by atomic mass is 9.94. The zero-order valence-electron chi connectivity index (χ0n) is 15.4. The van der Waals surface area contributed by atoms with Crippen molar-refractivity contribution < 1.29 is 23.9 Å². The average Bonchev–Trinajstić information content (AvgIpc) is 2.63. The van der Waals surface area contributed by atoms with Crippen LogP contribution < -0.4 is 10.9 Å². The van der Waals surface area contributed by atoms with Gasteiger partial charge in [0.15, 0.2) is 0 Å². The Morgan fingerprint density at radius 3 is 2.30 bits per heavy atom. The van der Waals surface area contributed by atoms with Gasteiger partial charge in [-0.3, -0.25) is 10.2 Å². The van der Waals surface area contributed by atoms with Crippen molar-refractivity contribution in [3.05, 3.63) is 29.8 Å². The molecule has 0 aliphatic carbocycles. The summed E-state index contributed by atoms with van der Waals surface area (Å²) in [7, 11) is 0. The van der Waals surface area contributed by atoms with Crippen LogP contribution in [0.3, 0.4) is 0 Å².